The van der Waals surface area contributed by atoms with E-state index in [4.69, 9.17) is 0 Å². The summed E-state index contributed by atoms with van der Waals surface area (Å²) in [5, 5.41) is 3.56. The zero-order chi connectivity index (χ0) is 13.1. The van der Waals surface area contributed by atoms with Gasteiger partial charge in [-0.1, -0.05) is 54.1 Å². The fraction of sp³-hybridized carbons (Fsp3) is 0.333. The van der Waals surface area contributed by atoms with Crippen LogP contribution in [0.1, 0.15) is 41.0 Å². The monoisotopic (exact) mass is 251 g/mol. The molecule has 0 aliphatic heterocycles. The zero-order valence-electron chi connectivity index (χ0n) is 11.5. The average Bonchev–Trinajstić information content (AvgIpc) is 3.26. The first-order chi connectivity index (χ1) is 9.33. The van der Waals surface area contributed by atoms with Gasteiger partial charge in [0.15, 0.2) is 0 Å². The number of hydrogen-bond acceptors (Lipinski definition) is 1. The molecule has 0 saturated heterocycles. The normalized spacial score (nSPS) is 14.6. The Morgan fingerprint density at radius 2 is 1.68 bits per heavy atom. The van der Waals surface area contributed by atoms with E-state index >= 15 is 0 Å². The fourth-order valence-corrected chi connectivity index (χ4v) is 2.54. The first kappa shape index (κ1) is 12.4. The molecule has 0 amide bonds. The highest BCUT2D eigenvalue weighted by Crippen LogP contribution is 2.41. The van der Waals surface area contributed by atoms with E-state index in [1.807, 2.05) is 0 Å². The second kappa shape index (κ2) is 5.58. The molecule has 1 nitrogen and oxygen atoms in total. The topological polar surface area (TPSA) is 12.0 Å². The Kier molecular flexibility index (Phi) is 3.65. The van der Waals surface area contributed by atoms with Gasteiger partial charge in [0.1, 0.15) is 0 Å². The Morgan fingerprint density at radius 3 is 2.42 bits per heavy atom. The molecule has 3 rings (SSSR count). The third-order valence-corrected chi connectivity index (χ3v) is 3.84. The molecule has 1 N–H and O–H groups in total. The van der Waals surface area contributed by atoms with Crippen LogP contribution in [0.3, 0.4) is 0 Å². The van der Waals surface area contributed by atoms with Crippen LogP contribution in [0, 0.1) is 6.92 Å². The molecule has 19 heavy (non-hydrogen) atoms. The van der Waals surface area contributed by atoms with Crippen molar-refractivity contribution in [2.75, 3.05) is 0 Å². The summed E-state index contributed by atoms with van der Waals surface area (Å²) in [5.74, 6) is 0.831. The minimum Gasteiger partial charge on any atom is -0.309 e. The molecule has 0 radical (unpaired) electrons. The molecule has 2 aromatic rings. The van der Waals surface area contributed by atoms with E-state index in [1.165, 1.54) is 29.5 Å². The Labute approximate surface area is 115 Å². The van der Waals surface area contributed by atoms with Gasteiger partial charge < -0.3 is 5.32 Å². The van der Waals surface area contributed by atoms with Gasteiger partial charge in [-0.2, -0.15) is 0 Å². The molecule has 0 aromatic heterocycles. The minimum absolute atomic E-state index is 0.831. The van der Waals surface area contributed by atoms with Crippen LogP contribution in [0.5, 0.6) is 0 Å². The average molecular weight is 251 g/mol. The Hall–Kier alpha value is -1.60. The van der Waals surface area contributed by atoms with Gasteiger partial charge in [-0.05, 0) is 42.4 Å². The summed E-state index contributed by atoms with van der Waals surface area (Å²) in [6.07, 6.45) is 2.74. The van der Waals surface area contributed by atoms with Crippen LogP contribution in [0.15, 0.2) is 48.5 Å². The highest BCUT2D eigenvalue weighted by atomic mass is 14.8. The van der Waals surface area contributed by atoms with Crippen LogP contribution in [-0.4, -0.2) is 0 Å². The molecule has 1 saturated carbocycles. The van der Waals surface area contributed by atoms with Crippen molar-refractivity contribution in [1.29, 1.82) is 0 Å². The van der Waals surface area contributed by atoms with Crippen molar-refractivity contribution < 1.29 is 0 Å². The van der Waals surface area contributed by atoms with Gasteiger partial charge in [0.25, 0.3) is 0 Å². The first-order valence-electron chi connectivity index (χ1n) is 7.17. The fourth-order valence-electron chi connectivity index (χ4n) is 2.54. The van der Waals surface area contributed by atoms with Gasteiger partial charge in [-0.25, -0.2) is 0 Å². The van der Waals surface area contributed by atoms with Crippen molar-refractivity contribution in [3.63, 3.8) is 0 Å². The van der Waals surface area contributed by atoms with Crippen LogP contribution in [0.4, 0.5) is 0 Å². The predicted octanol–water partition coefficient (Wildman–Crippen LogP) is 4.16. The van der Waals surface area contributed by atoms with Crippen molar-refractivity contribution in [2.24, 2.45) is 0 Å². The largest absolute Gasteiger partial charge is 0.309 e. The van der Waals surface area contributed by atoms with Gasteiger partial charge in [0.2, 0.25) is 0 Å². The molecular formula is C18H21N. The predicted molar refractivity (Wildman–Crippen MR) is 80.1 cm³/mol. The van der Waals surface area contributed by atoms with Crippen LogP contribution in [-0.2, 0) is 13.1 Å². The molecule has 0 atom stereocenters. The summed E-state index contributed by atoms with van der Waals surface area (Å²) in [6.45, 7) is 4.04. The summed E-state index contributed by atoms with van der Waals surface area (Å²) in [7, 11) is 0. The Balaban J connectivity index is 1.59. The maximum Gasteiger partial charge on any atom is 0.0211 e. The third kappa shape index (κ3) is 3.24. The minimum atomic E-state index is 0.831. The number of nitrogens with one attached hydrogen (secondary N) is 1. The Bertz CT molecular complexity index is 538. The van der Waals surface area contributed by atoms with Gasteiger partial charge in [0, 0.05) is 13.1 Å². The summed E-state index contributed by atoms with van der Waals surface area (Å²) >= 11 is 0. The standard InChI is InChI=1S/C18H21N/c1-14-6-8-15(9-7-14)12-19-13-17-4-2-3-5-18(17)16-10-11-16/h2-9,16,19H,10-13H2,1H3. The second-order valence-electron chi connectivity index (χ2n) is 5.56. The van der Waals surface area contributed by atoms with E-state index in [0.29, 0.717) is 0 Å². The molecule has 0 unspecified atom stereocenters. The Morgan fingerprint density at radius 1 is 0.947 bits per heavy atom. The van der Waals surface area contributed by atoms with Gasteiger partial charge in [-0.15, -0.1) is 0 Å². The van der Waals surface area contributed by atoms with Crippen LogP contribution < -0.4 is 5.32 Å². The third-order valence-electron chi connectivity index (χ3n) is 3.84. The number of rotatable bonds is 5. The molecule has 0 heterocycles. The number of aryl methyl sites for hydroxylation is 1. The lowest BCUT2D eigenvalue weighted by atomic mass is 10.0. The second-order valence-corrected chi connectivity index (χ2v) is 5.56. The highest BCUT2D eigenvalue weighted by Gasteiger charge is 2.25. The van der Waals surface area contributed by atoms with Crippen molar-refractivity contribution in [1.82, 2.24) is 5.32 Å². The van der Waals surface area contributed by atoms with Crippen molar-refractivity contribution in [2.45, 2.75) is 38.8 Å². The molecule has 0 bridgehead atoms. The lowest BCUT2D eigenvalue weighted by Crippen LogP contribution is -2.13. The van der Waals surface area contributed by atoms with E-state index in [9.17, 15) is 0 Å². The van der Waals surface area contributed by atoms with Crippen LogP contribution in [0.25, 0.3) is 0 Å². The summed E-state index contributed by atoms with van der Waals surface area (Å²) < 4.78 is 0. The van der Waals surface area contributed by atoms with Crippen molar-refractivity contribution in [3.8, 4) is 0 Å². The molecule has 2 aromatic carbocycles. The van der Waals surface area contributed by atoms with Gasteiger partial charge in [0.05, 0.1) is 0 Å². The molecule has 1 fully saturated rings. The van der Waals surface area contributed by atoms with E-state index < -0.39 is 0 Å². The summed E-state index contributed by atoms with van der Waals surface area (Å²) in [4.78, 5) is 0. The van der Waals surface area contributed by atoms with E-state index in [1.54, 1.807) is 5.56 Å². The van der Waals surface area contributed by atoms with E-state index in [0.717, 1.165) is 19.0 Å². The van der Waals surface area contributed by atoms with Crippen LogP contribution >= 0.6 is 0 Å². The molecule has 98 valence electrons. The SMILES string of the molecule is Cc1ccc(CNCc2ccccc2C2CC2)cc1. The number of hydrogen-bond donors (Lipinski definition) is 1. The van der Waals surface area contributed by atoms with Gasteiger partial charge in [-0.3, -0.25) is 0 Å². The van der Waals surface area contributed by atoms with Crippen molar-refractivity contribution >= 4 is 0 Å². The number of benzene rings is 2. The quantitative estimate of drug-likeness (QED) is 0.841. The lowest BCUT2D eigenvalue weighted by molar-refractivity contribution is 0.688. The van der Waals surface area contributed by atoms with E-state index in [-0.39, 0.29) is 0 Å². The zero-order valence-corrected chi connectivity index (χ0v) is 11.5. The highest BCUT2D eigenvalue weighted by molar-refractivity contribution is 5.33. The van der Waals surface area contributed by atoms with E-state index in [2.05, 4.69) is 60.8 Å². The molecule has 1 aliphatic rings. The molecule has 1 heteroatoms. The lowest BCUT2D eigenvalue weighted by Gasteiger charge is -2.10. The smallest absolute Gasteiger partial charge is 0.0211 e. The summed E-state index contributed by atoms with van der Waals surface area (Å²) in [5.41, 5.74) is 5.70. The first-order valence-corrected chi connectivity index (χ1v) is 7.17. The maximum absolute atomic E-state index is 3.56. The van der Waals surface area contributed by atoms with Crippen molar-refractivity contribution in [3.05, 3.63) is 70.8 Å². The maximum atomic E-state index is 3.56. The molecule has 1 aliphatic carbocycles. The summed E-state index contributed by atoms with van der Waals surface area (Å²) in [6, 6.07) is 17.6. The van der Waals surface area contributed by atoms with Crippen LogP contribution in [0.2, 0.25) is 0 Å². The van der Waals surface area contributed by atoms with Gasteiger partial charge >= 0.3 is 0 Å². The molecule has 0 spiro atoms. The molecular weight excluding hydrogens is 230 g/mol.